The smallest absolute Gasteiger partial charge is 0.291 e. The zero-order valence-corrected chi connectivity index (χ0v) is 14.5. The van der Waals surface area contributed by atoms with Gasteiger partial charge >= 0.3 is 0 Å². The Labute approximate surface area is 144 Å². The van der Waals surface area contributed by atoms with Crippen molar-refractivity contribution in [2.24, 2.45) is 0 Å². The predicted molar refractivity (Wildman–Crippen MR) is 93.9 cm³/mol. The van der Waals surface area contributed by atoms with Crippen LogP contribution in [0.3, 0.4) is 0 Å². The maximum Gasteiger partial charge on any atom is 0.291 e. The summed E-state index contributed by atoms with van der Waals surface area (Å²) in [6, 6.07) is 18.6. The number of hydrogen-bond donors (Lipinski definition) is 1. The summed E-state index contributed by atoms with van der Waals surface area (Å²) in [5.74, 6) is 0.667. The van der Waals surface area contributed by atoms with Crippen molar-refractivity contribution in [2.45, 2.75) is 0 Å². The van der Waals surface area contributed by atoms with Crippen LogP contribution in [-0.4, -0.2) is 5.91 Å². The zero-order valence-electron chi connectivity index (χ0n) is 11.3. The fourth-order valence-electron chi connectivity index (χ4n) is 1.96. The Morgan fingerprint density at radius 2 is 1.41 bits per heavy atom. The molecule has 0 aliphatic carbocycles. The summed E-state index contributed by atoms with van der Waals surface area (Å²) in [6.45, 7) is 0. The summed E-state index contributed by atoms with van der Waals surface area (Å²) in [5.41, 5.74) is 1.64. The highest BCUT2D eigenvalue weighted by atomic mass is 79.9. The molecule has 5 heteroatoms. The van der Waals surface area contributed by atoms with Gasteiger partial charge in [0.1, 0.15) is 5.76 Å². The topological polar surface area (TPSA) is 42.2 Å². The Hall–Kier alpha value is -1.85. The van der Waals surface area contributed by atoms with E-state index in [0.717, 1.165) is 20.2 Å². The molecule has 1 aromatic heterocycles. The summed E-state index contributed by atoms with van der Waals surface area (Å²) >= 11 is 6.75. The van der Waals surface area contributed by atoms with E-state index in [1.165, 1.54) is 0 Å². The van der Waals surface area contributed by atoms with Crippen LogP contribution >= 0.6 is 31.9 Å². The molecule has 0 saturated heterocycles. The van der Waals surface area contributed by atoms with Crippen molar-refractivity contribution in [2.75, 3.05) is 5.32 Å². The van der Waals surface area contributed by atoms with Crippen LogP contribution in [-0.2, 0) is 0 Å². The summed E-state index contributed by atoms with van der Waals surface area (Å²) in [7, 11) is 0. The van der Waals surface area contributed by atoms with Crippen molar-refractivity contribution in [3.63, 3.8) is 0 Å². The molecule has 2 aromatic carbocycles. The normalized spacial score (nSPS) is 10.5. The Morgan fingerprint density at radius 3 is 2.05 bits per heavy atom. The largest absolute Gasteiger partial charge is 0.451 e. The molecule has 3 aromatic rings. The number of hydrogen-bond acceptors (Lipinski definition) is 2. The average Bonchev–Trinajstić information content (AvgIpc) is 3.00. The first-order valence-corrected chi connectivity index (χ1v) is 8.13. The van der Waals surface area contributed by atoms with E-state index in [9.17, 15) is 4.79 Å². The summed E-state index contributed by atoms with van der Waals surface area (Å²) in [4.78, 5) is 12.2. The molecule has 22 heavy (non-hydrogen) atoms. The van der Waals surface area contributed by atoms with E-state index in [0.29, 0.717) is 5.76 Å². The standard InChI is InChI=1S/C17H11Br2NO2/c18-12-3-1-11(2-4-12)15-9-10-16(22-15)17(21)20-14-7-5-13(19)6-8-14/h1-10H,(H,20,21). The number of anilines is 1. The van der Waals surface area contributed by atoms with Gasteiger partial charge in [-0.3, -0.25) is 4.79 Å². The van der Waals surface area contributed by atoms with Crippen molar-refractivity contribution < 1.29 is 9.21 Å². The van der Waals surface area contributed by atoms with Gasteiger partial charge in [-0.05, 0) is 48.5 Å². The molecule has 0 radical (unpaired) electrons. The number of halogens is 2. The number of carbonyl (C=O) groups excluding carboxylic acids is 1. The third-order valence-electron chi connectivity index (χ3n) is 3.06. The Morgan fingerprint density at radius 1 is 0.818 bits per heavy atom. The second kappa shape index (κ2) is 6.50. The van der Waals surface area contributed by atoms with Crippen LogP contribution in [0.1, 0.15) is 10.6 Å². The maximum atomic E-state index is 12.2. The van der Waals surface area contributed by atoms with Gasteiger partial charge in [-0.2, -0.15) is 0 Å². The molecule has 0 bridgehead atoms. The molecule has 0 spiro atoms. The first kappa shape index (κ1) is 15.1. The Kier molecular flexibility index (Phi) is 4.45. The number of carbonyl (C=O) groups is 1. The van der Waals surface area contributed by atoms with E-state index in [1.807, 2.05) is 48.5 Å². The molecular formula is C17H11Br2NO2. The molecule has 0 fully saturated rings. The van der Waals surface area contributed by atoms with Crippen molar-refractivity contribution in [1.29, 1.82) is 0 Å². The molecule has 110 valence electrons. The molecule has 0 aliphatic heterocycles. The lowest BCUT2D eigenvalue weighted by molar-refractivity contribution is 0.0997. The summed E-state index contributed by atoms with van der Waals surface area (Å²) in [6.07, 6.45) is 0. The fourth-order valence-corrected chi connectivity index (χ4v) is 2.48. The zero-order chi connectivity index (χ0) is 15.5. The van der Waals surface area contributed by atoms with Gasteiger partial charge in [0.25, 0.3) is 5.91 Å². The third kappa shape index (κ3) is 3.48. The molecule has 0 aliphatic rings. The molecule has 3 nitrogen and oxygen atoms in total. The SMILES string of the molecule is O=C(Nc1ccc(Br)cc1)c1ccc(-c2ccc(Br)cc2)o1. The molecular weight excluding hydrogens is 410 g/mol. The summed E-state index contributed by atoms with van der Waals surface area (Å²) in [5, 5.41) is 2.80. The molecule has 1 N–H and O–H groups in total. The van der Waals surface area contributed by atoms with Crippen LogP contribution in [0.5, 0.6) is 0 Å². The van der Waals surface area contributed by atoms with Crippen molar-refractivity contribution in [3.8, 4) is 11.3 Å². The summed E-state index contributed by atoms with van der Waals surface area (Å²) < 4.78 is 7.59. The highest BCUT2D eigenvalue weighted by Crippen LogP contribution is 2.24. The Bertz CT molecular complexity index is 792. The minimum Gasteiger partial charge on any atom is -0.451 e. The molecule has 0 atom stereocenters. The van der Waals surface area contributed by atoms with Gasteiger partial charge in [-0.25, -0.2) is 0 Å². The Balaban J connectivity index is 1.76. The molecule has 1 heterocycles. The van der Waals surface area contributed by atoms with E-state index < -0.39 is 0 Å². The number of amides is 1. The van der Waals surface area contributed by atoms with Crippen molar-refractivity contribution >= 4 is 43.5 Å². The minimum absolute atomic E-state index is 0.273. The molecule has 1 amide bonds. The lowest BCUT2D eigenvalue weighted by atomic mass is 10.2. The van der Waals surface area contributed by atoms with Crippen LogP contribution in [0.2, 0.25) is 0 Å². The van der Waals surface area contributed by atoms with Crippen molar-refractivity contribution in [1.82, 2.24) is 0 Å². The average molecular weight is 421 g/mol. The van der Waals surface area contributed by atoms with E-state index in [2.05, 4.69) is 37.2 Å². The first-order valence-electron chi connectivity index (χ1n) is 6.54. The van der Waals surface area contributed by atoms with Gasteiger partial charge < -0.3 is 9.73 Å². The number of rotatable bonds is 3. The quantitative estimate of drug-likeness (QED) is 0.588. The third-order valence-corrected chi connectivity index (χ3v) is 4.12. The molecule has 3 rings (SSSR count). The minimum atomic E-state index is -0.273. The maximum absolute atomic E-state index is 12.2. The lowest BCUT2D eigenvalue weighted by Gasteiger charge is -2.03. The van der Waals surface area contributed by atoms with Gasteiger partial charge in [-0.15, -0.1) is 0 Å². The van der Waals surface area contributed by atoms with Crippen LogP contribution in [0.4, 0.5) is 5.69 Å². The van der Waals surface area contributed by atoms with Gasteiger partial charge in [0.15, 0.2) is 5.76 Å². The number of benzene rings is 2. The van der Waals surface area contributed by atoms with E-state index in [4.69, 9.17) is 4.42 Å². The van der Waals surface area contributed by atoms with E-state index >= 15 is 0 Å². The second-order valence-corrected chi connectivity index (χ2v) is 6.46. The lowest BCUT2D eigenvalue weighted by Crippen LogP contribution is -2.10. The monoisotopic (exact) mass is 419 g/mol. The van der Waals surface area contributed by atoms with E-state index in [1.54, 1.807) is 12.1 Å². The van der Waals surface area contributed by atoms with Gasteiger partial charge in [-0.1, -0.05) is 44.0 Å². The van der Waals surface area contributed by atoms with Gasteiger partial charge in [0.2, 0.25) is 0 Å². The molecule has 0 unspecified atom stereocenters. The van der Waals surface area contributed by atoms with Gasteiger partial charge in [0, 0.05) is 20.2 Å². The molecule has 0 saturated carbocycles. The van der Waals surface area contributed by atoms with Gasteiger partial charge in [0.05, 0.1) is 0 Å². The van der Waals surface area contributed by atoms with Crippen LogP contribution < -0.4 is 5.32 Å². The predicted octanol–water partition coefficient (Wildman–Crippen LogP) is 5.72. The number of nitrogens with one attached hydrogen (secondary N) is 1. The highest BCUT2D eigenvalue weighted by molar-refractivity contribution is 9.10. The number of furan rings is 1. The van der Waals surface area contributed by atoms with Crippen molar-refractivity contribution in [3.05, 3.63) is 75.4 Å². The highest BCUT2D eigenvalue weighted by Gasteiger charge is 2.12. The van der Waals surface area contributed by atoms with E-state index in [-0.39, 0.29) is 11.7 Å². The van der Waals surface area contributed by atoms with Crippen LogP contribution in [0, 0.1) is 0 Å². The fraction of sp³-hybridized carbons (Fsp3) is 0. The second-order valence-electron chi connectivity index (χ2n) is 4.63. The van der Waals surface area contributed by atoms with Crippen LogP contribution in [0.25, 0.3) is 11.3 Å². The first-order chi connectivity index (χ1) is 10.6. The van der Waals surface area contributed by atoms with Crippen LogP contribution in [0.15, 0.2) is 74.0 Å².